The standard InChI is InChI=1S/C14H17N3O2S/c1-10(12-6-4-3-5-7-12)8-17-11(2)15-16-14(17)20-9-13(18)19/h3-7,10H,8-9H2,1-2H3,(H,18,19). The van der Waals surface area contributed by atoms with Gasteiger partial charge in [-0.2, -0.15) is 0 Å². The second-order valence-corrected chi connectivity index (χ2v) is 5.58. The number of carbonyl (C=O) groups is 1. The quantitative estimate of drug-likeness (QED) is 0.828. The van der Waals surface area contributed by atoms with Crippen LogP contribution >= 0.6 is 11.8 Å². The molecule has 1 aromatic heterocycles. The summed E-state index contributed by atoms with van der Waals surface area (Å²) in [6.07, 6.45) is 0. The van der Waals surface area contributed by atoms with Crippen LogP contribution in [0.1, 0.15) is 24.2 Å². The first-order valence-corrected chi connectivity index (χ1v) is 7.36. The Morgan fingerprint density at radius 2 is 2.05 bits per heavy atom. The van der Waals surface area contributed by atoms with Gasteiger partial charge in [-0.1, -0.05) is 49.0 Å². The lowest BCUT2D eigenvalue weighted by Crippen LogP contribution is -2.10. The lowest BCUT2D eigenvalue weighted by Gasteiger charge is -2.15. The van der Waals surface area contributed by atoms with Crippen LogP contribution in [0.4, 0.5) is 0 Å². The normalized spacial score (nSPS) is 12.3. The maximum absolute atomic E-state index is 10.7. The van der Waals surface area contributed by atoms with Gasteiger partial charge in [-0.05, 0) is 18.4 Å². The molecule has 1 aromatic carbocycles. The Kier molecular flexibility index (Phi) is 4.79. The van der Waals surface area contributed by atoms with Crippen LogP contribution in [0.5, 0.6) is 0 Å². The Morgan fingerprint density at radius 3 is 2.70 bits per heavy atom. The van der Waals surface area contributed by atoms with Gasteiger partial charge in [-0.25, -0.2) is 0 Å². The van der Waals surface area contributed by atoms with Gasteiger partial charge in [0.2, 0.25) is 0 Å². The molecule has 2 aromatic rings. The van der Waals surface area contributed by atoms with E-state index in [-0.39, 0.29) is 5.75 Å². The molecule has 106 valence electrons. The number of thioether (sulfide) groups is 1. The van der Waals surface area contributed by atoms with E-state index in [0.29, 0.717) is 11.1 Å². The molecule has 0 spiro atoms. The Hall–Kier alpha value is -1.82. The summed E-state index contributed by atoms with van der Waals surface area (Å²) in [6, 6.07) is 10.2. The summed E-state index contributed by atoms with van der Waals surface area (Å²) < 4.78 is 1.98. The largest absolute Gasteiger partial charge is 0.481 e. The zero-order valence-electron chi connectivity index (χ0n) is 11.5. The predicted molar refractivity (Wildman–Crippen MR) is 78.0 cm³/mol. The molecule has 5 nitrogen and oxygen atoms in total. The van der Waals surface area contributed by atoms with Gasteiger partial charge in [0.25, 0.3) is 0 Å². The summed E-state index contributed by atoms with van der Waals surface area (Å²) in [7, 11) is 0. The van der Waals surface area contributed by atoms with E-state index in [9.17, 15) is 4.79 Å². The summed E-state index contributed by atoms with van der Waals surface area (Å²) in [5.74, 6) is 0.270. The third-order valence-electron chi connectivity index (χ3n) is 3.05. The van der Waals surface area contributed by atoms with E-state index in [2.05, 4.69) is 29.3 Å². The van der Waals surface area contributed by atoms with Crippen molar-refractivity contribution in [3.05, 3.63) is 41.7 Å². The van der Waals surface area contributed by atoms with Gasteiger partial charge in [0.1, 0.15) is 5.82 Å². The van der Waals surface area contributed by atoms with E-state index in [1.165, 1.54) is 17.3 Å². The summed E-state index contributed by atoms with van der Waals surface area (Å²) >= 11 is 1.20. The van der Waals surface area contributed by atoms with Crippen LogP contribution in [0, 0.1) is 6.92 Å². The van der Waals surface area contributed by atoms with Gasteiger partial charge < -0.3 is 9.67 Å². The first-order valence-electron chi connectivity index (χ1n) is 6.37. The van der Waals surface area contributed by atoms with Gasteiger partial charge in [-0.3, -0.25) is 4.79 Å². The summed E-state index contributed by atoms with van der Waals surface area (Å²) in [5, 5.41) is 17.5. The zero-order chi connectivity index (χ0) is 14.5. The number of hydrogen-bond acceptors (Lipinski definition) is 4. The fourth-order valence-corrected chi connectivity index (χ4v) is 2.68. The number of hydrogen-bond donors (Lipinski definition) is 1. The Balaban J connectivity index is 2.12. The smallest absolute Gasteiger partial charge is 0.313 e. The van der Waals surface area contributed by atoms with Crippen molar-refractivity contribution in [1.82, 2.24) is 14.8 Å². The van der Waals surface area contributed by atoms with E-state index in [1.54, 1.807) is 0 Å². The Bertz CT molecular complexity index is 583. The maximum atomic E-state index is 10.7. The van der Waals surface area contributed by atoms with Crippen LogP contribution in [-0.2, 0) is 11.3 Å². The van der Waals surface area contributed by atoms with Crippen molar-refractivity contribution in [3.8, 4) is 0 Å². The number of nitrogens with zero attached hydrogens (tertiary/aromatic N) is 3. The zero-order valence-corrected chi connectivity index (χ0v) is 12.3. The predicted octanol–water partition coefficient (Wildman–Crippen LogP) is 2.57. The van der Waals surface area contributed by atoms with Crippen LogP contribution in [0.2, 0.25) is 0 Å². The molecule has 0 bridgehead atoms. The molecule has 0 fully saturated rings. The molecule has 6 heteroatoms. The molecule has 0 aliphatic heterocycles. The van der Waals surface area contributed by atoms with Gasteiger partial charge in [0.05, 0.1) is 5.75 Å². The van der Waals surface area contributed by atoms with Crippen molar-refractivity contribution in [2.24, 2.45) is 0 Å². The number of aliphatic carboxylic acids is 1. The molecule has 0 amide bonds. The Labute approximate surface area is 122 Å². The van der Waals surface area contributed by atoms with E-state index in [1.807, 2.05) is 29.7 Å². The Morgan fingerprint density at radius 1 is 1.35 bits per heavy atom. The van der Waals surface area contributed by atoms with Crippen LogP contribution < -0.4 is 0 Å². The van der Waals surface area contributed by atoms with Crippen molar-refractivity contribution in [1.29, 1.82) is 0 Å². The lowest BCUT2D eigenvalue weighted by atomic mass is 10.0. The summed E-state index contributed by atoms with van der Waals surface area (Å²) in [6.45, 7) is 4.76. The number of rotatable bonds is 6. The highest BCUT2D eigenvalue weighted by Gasteiger charge is 2.14. The highest BCUT2D eigenvalue weighted by atomic mass is 32.2. The number of benzene rings is 1. The minimum Gasteiger partial charge on any atom is -0.481 e. The molecule has 0 saturated heterocycles. The van der Waals surface area contributed by atoms with Crippen LogP contribution in [0.25, 0.3) is 0 Å². The molecule has 0 saturated carbocycles. The van der Waals surface area contributed by atoms with E-state index in [4.69, 9.17) is 5.11 Å². The highest BCUT2D eigenvalue weighted by molar-refractivity contribution is 7.99. The van der Waals surface area contributed by atoms with Gasteiger partial charge in [-0.15, -0.1) is 10.2 Å². The molecular formula is C14H17N3O2S. The monoisotopic (exact) mass is 291 g/mol. The average Bonchev–Trinajstić information content (AvgIpc) is 2.78. The molecule has 0 aliphatic rings. The first kappa shape index (κ1) is 14.6. The number of carboxylic acids is 1. The van der Waals surface area contributed by atoms with Crippen molar-refractivity contribution in [3.63, 3.8) is 0 Å². The van der Waals surface area contributed by atoms with Gasteiger partial charge in [0, 0.05) is 6.54 Å². The van der Waals surface area contributed by atoms with E-state index < -0.39 is 5.97 Å². The number of aromatic nitrogens is 3. The molecular weight excluding hydrogens is 274 g/mol. The second kappa shape index (κ2) is 6.56. The third kappa shape index (κ3) is 3.60. The third-order valence-corrected chi connectivity index (χ3v) is 4.00. The van der Waals surface area contributed by atoms with Crippen molar-refractivity contribution in [2.45, 2.75) is 31.5 Å². The highest BCUT2D eigenvalue weighted by Crippen LogP contribution is 2.22. The van der Waals surface area contributed by atoms with Gasteiger partial charge >= 0.3 is 5.97 Å². The molecule has 0 aliphatic carbocycles. The second-order valence-electron chi connectivity index (χ2n) is 4.63. The minimum atomic E-state index is -0.849. The van der Waals surface area contributed by atoms with Crippen molar-refractivity contribution < 1.29 is 9.90 Å². The molecule has 2 rings (SSSR count). The molecule has 1 heterocycles. The van der Waals surface area contributed by atoms with E-state index in [0.717, 1.165) is 12.4 Å². The summed E-state index contributed by atoms with van der Waals surface area (Å²) in [4.78, 5) is 10.7. The molecule has 1 atom stereocenters. The summed E-state index contributed by atoms with van der Waals surface area (Å²) in [5.41, 5.74) is 1.25. The van der Waals surface area contributed by atoms with Crippen LogP contribution in [0.3, 0.4) is 0 Å². The molecule has 1 unspecified atom stereocenters. The van der Waals surface area contributed by atoms with Crippen LogP contribution in [-0.4, -0.2) is 31.6 Å². The molecule has 0 radical (unpaired) electrons. The minimum absolute atomic E-state index is 0.00213. The average molecular weight is 291 g/mol. The molecule has 1 N–H and O–H groups in total. The van der Waals surface area contributed by atoms with Crippen LogP contribution in [0.15, 0.2) is 35.5 Å². The fraction of sp³-hybridized carbons (Fsp3) is 0.357. The first-order chi connectivity index (χ1) is 9.58. The topological polar surface area (TPSA) is 68.0 Å². The van der Waals surface area contributed by atoms with E-state index >= 15 is 0 Å². The number of aryl methyl sites for hydroxylation is 1. The van der Waals surface area contributed by atoms with Crippen molar-refractivity contribution in [2.75, 3.05) is 5.75 Å². The van der Waals surface area contributed by atoms with Crippen molar-refractivity contribution >= 4 is 17.7 Å². The maximum Gasteiger partial charge on any atom is 0.313 e. The molecule has 20 heavy (non-hydrogen) atoms. The fourth-order valence-electron chi connectivity index (χ4n) is 1.97. The lowest BCUT2D eigenvalue weighted by molar-refractivity contribution is -0.133. The number of carboxylic acid groups (broad SMARTS) is 1. The van der Waals surface area contributed by atoms with Gasteiger partial charge in [0.15, 0.2) is 5.16 Å². The SMILES string of the molecule is Cc1nnc(SCC(=O)O)n1CC(C)c1ccccc1.